The summed E-state index contributed by atoms with van der Waals surface area (Å²) in [4.78, 5) is 11.9. The van der Waals surface area contributed by atoms with Crippen molar-refractivity contribution in [1.82, 2.24) is 0 Å². The van der Waals surface area contributed by atoms with E-state index < -0.39 is 27.5 Å². The van der Waals surface area contributed by atoms with Crippen molar-refractivity contribution in [3.63, 3.8) is 0 Å². The molecule has 1 atom stereocenters. The van der Waals surface area contributed by atoms with E-state index in [0.717, 1.165) is 25.7 Å². The number of unbranched alkanes of at least 4 members (excludes halogenated alkanes) is 3. The van der Waals surface area contributed by atoms with Crippen LogP contribution in [0.1, 0.15) is 45.4 Å². The fourth-order valence-corrected chi connectivity index (χ4v) is 3.43. The average molecular weight is 312 g/mol. The molecule has 0 bridgehead atoms. The first-order chi connectivity index (χ1) is 9.95. The van der Waals surface area contributed by atoms with Gasteiger partial charge in [-0.25, -0.2) is 8.42 Å². The van der Waals surface area contributed by atoms with Gasteiger partial charge in [0.15, 0.2) is 15.6 Å². The van der Waals surface area contributed by atoms with Crippen molar-refractivity contribution in [2.24, 2.45) is 0 Å². The topological polar surface area (TPSA) is 71.4 Å². The number of aliphatic hydroxyl groups excluding tert-OH is 1. The zero-order valence-electron chi connectivity index (χ0n) is 12.5. The highest BCUT2D eigenvalue weighted by Crippen LogP contribution is 2.13. The van der Waals surface area contributed by atoms with Gasteiger partial charge in [-0.1, -0.05) is 50.8 Å². The van der Waals surface area contributed by atoms with Gasteiger partial charge in [-0.15, -0.1) is 0 Å². The lowest BCUT2D eigenvalue weighted by atomic mass is 10.1. The molecule has 0 aromatic heterocycles. The number of ketones is 1. The summed E-state index contributed by atoms with van der Waals surface area (Å²) in [5.41, 5.74) is 0. The van der Waals surface area contributed by atoms with Crippen LogP contribution in [0.25, 0.3) is 0 Å². The molecule has 0 radical (unpaired) electrons. The molecule has 0 spiro atoms. The number of benzene rings is 1. The van der Waals surface area contributed by atoms with Crippen LogP contribution in [-0.2, 0) is 14.6 Å². The van der Waals surface area contributed by atoms with Gasteiger partial charge in [0, 0.05) is 6.42 Å². The molecule has 0 aliphatic carbocycles. The predicted octanol–water partition coefficient (Wildman–Crippen LogP) is 2.75. The van der Waals surface area contributed by atoms with Crippen molar-refractivity contribution < 1.29 is 18.3 Å². The van der Waals surface area contributed by atoms with Gasteiger partial charge in [-0.05, 0) is 18.6 Å². The fraction of sp³-hybridized carbons (Fsp3) is 0.562. The summed E-state index contributed by atoms with van der Waals surface area (Å²) >= 11 is 0. The molecule has 1 aromatic rings. The van der Waals surface area contributed by atoms with E-state index >= 15 is 0 Å². The molecular formula is C16H24O4S. The number of aliphatic hydroxyl groups is 1. The Morgan fingerprint density at radius 2 is 1.81 bits per heavy atom. The first-order valence-electron chi connectivity index (χ1n) is 7.43. The Morgan fingerprint density at radius 1 is 1.14 bits per heavy atom. The third kappa shape index (κ3) is 6.87. The zero-order valence-corrected chi connectivity index (χ0v) is 13.3. The van der Waals surface area contributed by atoms with Crippen LogP contribution in [0.5, 0.6) is 0 Å². The van der Waals surface area contributed by atoms with E-state index in [-0.39, 0.29) is 11.3 Å². The molecule has 1 aromatic carbocycles. The average Bonchev–Trinajstić information content (AvgIpc) is 2.44. The van der Waals surface area contributed by atoms with E-state index in [1.807, 2.05) is 0 Å². The maximum Gasteiger partial charge on any atom is 0.185 e. The van der Waals surface area contributed by atoms with Gasteiger partial charge in [0.25, 0.3) is 0 Å². The van der Waals surface area contributed by atoms with Crippen LogP contribution in [0, 0.1) is 0 Å². The van der Waals surface area contributed by atoms with Crippen LogP contribution >= 0.6 is 0 Å². The number of carbonyl (C=O) groups excluding carboxylic acids is 1. The van der Waals surface area contributed by atoms with Crippen molar-refractivity contribution in [2.45, 2.75) is 56.4 Å². The molecule has 0 saturated heterocycles. The maximum atomic E-state index is 12.0. The molecule has 21 heavy (non-hydrogen) atoms. The van der Waals surface area contributed by atoms with Crippen molar-refractivity contribution in [3.05, 3.63) is 30.3 Å². The van der Waals surface area contributed by atoms with Crippen molar-refractivity contribution in [1.29, 1.82) is 0 Å². The Labute approximate surface area is 127 Å². The molecule has 0 amide bonds. The molecule has 0 aliphatic rings. The quantitative estimate of drug-likeness (QED) is 0.674. The summed E-state index contributed by atoms with van der Waals surface area (Å²) in [7, 11) is -3.59. The van der Waals surface area contributed by atoms with Crippen LogP contribution < -0.4 is 0 Å². The number of rotatable bonds is 10. The van der Waals surface area contributed by atoms with Gasteiger partial charge in [0.1, 0.15) is 5.75 Å². The van der Waals surface area contributed by atoms with Crippen molar-refractivity contribution in [2.75, 3.05) is 5.75 Å². The van der Waals surface area contributed by atoms with Gasteiger partial charge in [0.05, 0.1) is 11.0 Å². The summed E-state index contributed by atoms with van der Waals surface area (Å²) < 4.78 is 24.0. The fourth-order valence-electron chi connectivity index (χ4n) is 2.15. The molecule has 1 unspecified atom stereocenters. The van der Waals surface area contributed by atoms with Crippen molar-refractivity contribution >= 4 is 15.6 Å². The van der Waals surface area contributed by atoms with Crippen LogP contribution in [0.3, 0.4) is 0 Å². The smallest absolute Gasteiger partial charge is 0.185 e. The number of carbonyl (C=O) groups is 1. The Balaban J connectivity index is 2.43. The number of hydrogen-bond donors (Lipinski definition) is 1. The van der Waals surface area contributed by atoms with Gasteiger partial charge in [-0.2, -0.15) is 0 Å². The standard InChI is InChI=1S/C16H24O4S/c1-2-3-4-6-9-14(17)12-15(18)13-21(19,20)16-10-7-5-8-11-16/h5,7-8,10-11,14,17H,2-4,6,9,12-13H2,1H3. The second-order valence-corrected chi connectivity index (χ2v) is 7.31. The first-order valence-corrected chi connectivity index (χ1v) is 9.08. The summed E-state index contributed by atoms with van der Waals surface area (Å²) in [5, 5.41) is 9.77. The lowest BCUT2D eigenvalue weighted by Crippen LogP contribution is -2.21. The molecule has 1 rings (SSSR count). The van der Waals surface area contributed by atoms with Crippen LogP contribution in [-0.4, -0.2) is 31.2 Å². The van der Waals surface area contributed by atoms with E-state index in [9.17, 15) is 18.3 Å². The minimum absolute atomic E-state index is 0.0851. The Hall–Kier alpha value is -1.20. The van der Waals surface area contributed by atoms with E-state index in [1.54, 1.807) is 18.2 Å². The van der Waals surface area contributed by atoms with Crippen LogP contribution in [0.15, 0.2) is 35.2 Å². The van der Waals surface area contributed by atoms with Crippen LogP contribution in [0.4, 0.5) is 0 Å². The predicted molar refractivity (Wildman–Crippen MR) is 82.9 cm³/mol. The van der Waals surface area contributed by atoms with Gasteiger partial charge in [-0.3, -0.25) is 4.79 Å². The highest BCUT2D eigenvalue weighted by molar-refractivity contribution is 7.92. The van der Waals surface area contributed by atoms with Crippen LogP contribution in [0.2, 0.25) is 0 Å². The zero-order chi connectivity index (χ0) is 15.7. The molecular weight excluding hydrogens is 288 g/mol. The SMILES string of the molecule is CCCCCCC(O)CC(=O)CS(=O)(=O)c1ccccc1. The van der Waals surface area contributed by atoms with Gasteiger partial charge in [0.2, 0.25) is 0 Å². The number of sulfone groups is 1. The second-order valence-electron chi connectivity index (χ2n) is 5.32. The molecule has 118 valence electrons. The number of hydrogen-bond acceptors (Lipinski definition) is 4. The lowest BCUT2D eigenvalue weighted by molar-refractivity contribution is -0.118. The minimum Gasteiger partial charge on any atom is -0.393 e. The lowest BCUT2D eigenvalue weighted by Gasteiger charge is -2.10. The molecule has 0 saturated carbocycles. The molecule has 0 aliphatic heterocycles. The van der Waals surface area contributed by atoms with E-state index in [0.29, 0.717) is 6.42 Å². The normalized spacial score (nSPS) is 13.0. The Bertz CT molecular complexity index is 522. The highest BCUT2D eigenvalue weighted by Gasteiger charge is 2.20. The highest BCUT2D eigenvalue weighted by atomic mass is 32.2. The van der Waals surface area contributed by atoms with E-state index in [1.165, 1.54) is 12.1 Å². The minimum atomic E-state index is -3.59. The summed E-state index contributed by atoms with van der Waals surface area (Å²) in [6.07, 6.45) is 3.86. The van der Waals surface area contributed by atoms with Crippen molar-refractivity contribution in [3.8, 4) is 0 Å². The third-order valence-corrected chi connectivity index (χ3v) is 5.00. The summed E-state index contributed by atoms with van der Waals surface area (Å²) in [6, 6.07) is 7.92. The van der Waals surface area contributed by atoms with E-state index in [2.05, 4.69) is 6.92 Å². The summed E-state index contributed by atoms with van der Waals surface area (Å²) in [5.74, 6) is -0.968. The number of Topliss-reactive ketones (excluding diaryl/α,β-unsaturated/α-hetero) is 1. The second kappa shape index (κ2) is 8.95. The van der Waals surface area contributed by atoms with Gasteiger partial charge < -0.3 is 5.11 Å². The molecule has 5 heteroatoms. The largest absolute Gasteiger partial charge is 0.393 e. The molecule has 4 nitrogen and oxygen atoms in total. The molecule has 1 N–H and O–H groups in total. The monoisotopic (exact) mass is 312 g/mol. The molecule has 0 heterocycles. The third-order valence-electron chi connectivity index (χ3n) is 3.31. The van der Waals surface area contributed by atoms with E-state index in [4.69, 9.17) is 0 Å². The Morgan fingerprint density at radius 3 is 2.43 bits per heavy atom. The molecule has 0 fully saturated rings. The van der Waals surface area contributed by atoms with Gasteiger partial charge >= 0.3 is 0 Å². The Kier molecular flexibility index (Phi) is 7.61. The maximum absolute atomic E-state index is 12.0. The summed E-state index contributed by atoms with van der Waals surface area (Å²) in [6.45, 7) is 2.11. The first kappa shape index (κ1) is 17.9.